The van der Waals surface area contributed by atoms with Crippen LogP contribution in [0, 0.1) is 0 Å². The second-order valence-electron chi connectivity index (χ2n) is 5.01. The lowest BCUT2D eigenvalue weighted by molar-refractivity contribution is 0.0747. The van der Waals surface area contributed by atoms with E-state index >= 15 is 0 Å². The minimum absolute atomic E-state index is 0.000209. The number of hydrogen-bond donors (Lipinski definition) is 2. The van der Waals surface area contributed by atoms with Gasteiger partial charge in [-0.3, -0.25) is 0 Å². The van der Waals surface area contributed by atoms with Gasteiger partial charge in [-0.2, -0.15) is 0 Å². The van der Waals surface area contributed by atoms with E-state index in [9.17, 15) is 5.11 Å². The molecule has 19 heavy (non-hydrogen) atoms. The van der Waals surface area contributed by atoms with E-state index in [0.717, 1.165) is 25.1 Å². The highest BCUT2D eigenvalue weighted by Crippen LogP contribution is 2.19. The minimum atomic E-state index is -0.525. The van der Waals surface area contributed by atoms with Gasteiger partial charge in [0, 0.05) is 17.7 Å². The third-order valence-corrected chi connectivity index (χ3v) is 3.18. The van der Waals surface area contributed by atoms with Crippen LogP contribution in [0.1, 0.15) is 38.9 Å². The Labute approximate surface area is 120 Å². The molecule has 0 bridgehead atoms. The number of aliphatic hydroxyl groups is 1. The summed E-state index contributed by atoms with van der Waals surface area (Å²) in [6.07, 6.45) is 0.691. The van der Waals surface area contributed by atoms with E-state index in [1.54, 1.807) is 12.1 Å². The number of halogens is 1. The lowest BCUT2D eigenvalue weighted by atomic mass is 10.0. The maximum atomic E-state index is 10.2. The van der Waals surface area contributed by atoms with Crippen molar-refractivity contribution in [2.24, 2.45) is 0 Å². The smallest absolute Gasteiger partial charge is 0.0940 e. The van der Waals surface area contributed by atoms with Crippen molar-refractivity contribution in [2.45, 2.75) is 45.4 Å². The van der Waals surface area contributed by atoms with Gasteiger partial charge in [0.1, 0.15) is 0 Å². The molecular formula is C15H24ClNO2. The second-order valence-corrected chi connectivity index (χ2v) is 5.45. The van der Waals surface area contributed by atoms with E-state index in [1.807, 2.05) is 32.9 Å². The van der Waals surface area contributed by atoms with Crippen LogP contribution in [0.15, 0.2) is 24.3 Å². The first-order chi connectivity index (χ1) is 9.00. The molecular weight excluding hydrogens is 262 g/mol. The molecule has 0 saturated heterocycles. The van der Waals surface area contributed by atoms with Crippen molar-refractivity contribution in [3.05, 3.63) is 34.9 Å². The second kappa shape index (κ2) is 8.54. The van der Waals surface area contributed by atoms with E-state index in [0.29, 0.717) is 5.02 Å². The molecule has 1 rings (SSSR count). The molecule has 3 nitrogen and oxygen atoms in total. The average molecular weight is 286 g/mol. The summed E-state index contributed by atoms with van der Waals surface area (Å²) in [6, 6.07) is 7.30. The lowest BCUT2D eigenvalue weighted by Crippen LogP contribution is -2.33. The van der Waals surface area contributed by atoms with Crippen LogP contribution in [-0.2, 0) is 4.74 Å². The maximum Gasteiger partial charge on any atom is 0.0940 e. The number of aliphatic hydroxyl groups excluding tert-OH is 1. The van der Waals surface area contributed by atoms with Crippen LogP contribution < -0.4 is 5.32 Å². The molecule has 0 aliphatic carbocycles. The van der Waals surface area contributed by atoms with Gasteiger partial charge in [0.2, 0.25) is 0 Å². The molecule has 2 unspecified atom stereocenters. The molecule has 0 heterocycles. The van der Waals surface area contributed by atoms with Gasteiger partial charge in [0.25, 0.3) is 0 Å². The Hall–Kier alpha value is -0.610. The van der Waals surface area contributed by atoms with Crippen molar-refractivity contribution in [1.29, 1.82) is 0 Å². The Balaban J connectivity index is 2.28. The third-order valence-electron chi connectivity index (χ3n) is 2.92. The normalized spacial score (nSPS) is 14.6. The van der Waals surface area contributed by atoms with Crippen LogP contribution in [0.5, 0.6) is 0 Å². The summed E-state index contributed by atoms with van der Waals surface area (Å²) in [7, 11) is 0. The van der Waals surface area contributed by atoms with E-state index in [2.05, 4.69) is 5.32 Å². The Morgan fingerprint density at radius 3 is 2.42 bits per heavy atom. The first kappa shape index (κ1) is 16.4. The van der Waals surface area contributed by atoms with Crippen LogP contribution in [0.3, 0.4) is 0 Å². The predicted octanol–water partition coefficient (Wildman–Crippen LogP) is 3.17. The zero-order chi connectivity index (χ0) is 14.3. The Morgan fingerprint density at radius 1 is 1.21 bits per heavy atom. The maximum absolute atomic E-state index is 10.2. The van der Waals surface area contributed by atoms with Crippen LogP contribution in [0.4, 0.5) is 0 Å². The van der Waals surface area contributed by atoms with Crippen LogP contribution >= 0.6 is 11.6 Å². The molecule has 2 N–H and O–H groups in total. The SMILES string of the molecule is CC(C)OCCCNC(C)C(O)c1ccc(Cl)cc1. The molecule has 0 fully saturated rings. The van der Waals surface area contributed by atoms with E-state index in [-0.39, 0.29) is 12.1 Å². The molecule has 4 heteroatoms. The molecule has 0 aliphatic rings. The molecule has 0 spiro atoms. The van der Waals surface area contributed by atoms with Gasteiger partial charge < -0.3 is 15.2 Å². The fourth-order valence-electron chi connectivity index (χ4n) is 1.78. The Kier molecular flexibility index (Phi) is 7.39. The largest absolute Gasteiger partial charge is 0.387 e. The fraction of sp³-hybridized carbons (Fsp3) is 0.600. The molecule has 0 aromatic heterocycles. The molecule has 0 radical (unpaired) electrons. The van der Waals surface area contributed by atoms with Crippen molar-refractivity contribution in [2.75, 3.05) is 13.2 Å². The quantitative estimate of drug-likeness (QED) is 0.721. The highest BCUT2D eigenvalue weighted by Gasteiger charge is 2.15. The van der Waals surface area contributed by atoms with Crippen LogP contribution in [0.25, 0.3) is 0 Å². The van der Waals surface area contributed by atoms with Gasteiger partial charge in [0.05, 0.1) is 12.2 Å². The van der Waals surface area contributed by atoms with Gasteiger partial charge in [-0.1, -0.05) is 23.7 Å². The first-order valence-electron chi connectivity index (χ1n) is 6.79. The molecule has 1 aromatic rings. The molecule has 0 aliphatic heterocycles. The zero-order valence-corrected chi connectivity index (χ0v) is 12.7. The third kappa shape index (κ3) is 6.39. The number of benzene rings is 1. The summed E-state index contributed by atoms with van der Waals surface area (Å²) in [5.74, 6) is 0. The summed E-state index contributed by atoms with van der Waals surface area (Å²) in [5, 5.41) is 14.2. The Bertz CT molecular complexity index is 354. The summed E-state index contributed by atoms with van der Waals surface area (Å²) >= 11 is 5.83. The highest BCUT2D eigenvalue weighted by molar-refractivity contribution is 6.30. The van der Waals surface area contributed by atoms with Crippen molar-refractivity contribution in [3.8, 4) is 0 Å². The van der Waals surface area contributed by atoms with Crippen molar-refractivity contribution in [1.82, 2.24) is 5.32 Å². The first-order valence-corrected chi connectivity index (χ1v) is 7.17. The minimum Gasteiger partial charge on any atom is -0.387 e. The summed E-state index contributed by atoms with van der Waals surface area (Å²) in [5.41, 5.74) is 0.878. The van der Waals surface area contributed by atoms with Gasteiger partial charge in [0.15, 0.2) is 0 Å². The Morgan fingerprint density at radius 2 is 1.84 bits per heavy atom. The standard InChI is InChI=1S/C15H24ClNO2/c1-11(2)19-10-4-9-17-12(3)15(18)13-5-7-14(16)8-6-13/h5-8,11-12,15,17-18H,4,9-10H2,1-3H3. The number of hydrogen-bond acceptors (Lipinski definition) is 3. The molecule has 0 saturated carbocycles. The van der Waals surface area contributed by atoms with E-state index < -0.39 is 6.10 Å². The molecule has 1 aromatic carbocycles. The van der Waals surface area contributed by atoms with Gasteiger partial charge in [-0.25, -0.2) is 0 Å². The average Bonchev–Trinajstić information content (AvgIpc) is 2.37. The monoisotopic (exact) mass is 285 g/mol. The molecule has 2 atom stereocenters. The van der Waals surface area contributed by atoms with Gasteiger partial charge >= 0.3 is 0 Å². The van der Waals surface area contributed by atoms with E-state index in [1.165, 1.54) is 0 Å². The van der Waals surface area contributed by atoms with E-state index in [4.69, 9.17) is 16.3 Å². The lowest BCUT2D eigenvalue weighted by Gasteiger charge is -2.21. The number of ether oxygens (including phenoxy) is 1. The predicted molar refractivity (Wildman–Crippen MR) is 79.6 cm³/mol. The number of rotatable bonds is 8. The van der Waals surface area contributed by atoms with Crippen molar-refractivity contribution in [3.63, 3.8) is 0 Å². The topological polar surface area (TPSA) is 41.5 Å². The van der Waals surface area contributed by atoms with Gasteiger partial charge in [-0.05, 0) is 51.4 Å². The summed E-state index contributed by atoms with van der Waals surface area (Å²) < 4.78 is 5.46. The highest BCUT2D eigenvalue weighted by atomic mass is 35.5. The number of nitrogens with one attached hydrogen (secondary N) is 1. The summed E-state index contributed by atoms with van der Waals surface area (Å²) in [4.78, 5) is 0. The zero-order valence-electron chi connectivity index (χ0n) is 11.9. The van der Waals surface area contributed by atoms with Crippen LogP contribution in [-0.4, -0.2) is 30.4 Å². The fourth-order valence-corrected chi connectivity index (χ4v) is 1.91. The van der Waals surface area contributed by atoms with Crippen LogP contribution in [0.2, 0.25) is 5.02 Å². The van der Waals surface area contributed by atoms with Crippen molar-refractivity contribution >= 4 is 11.6 Å². The molecule has 108 valence electrons. The molecule has 0 amide bonds. The summed E-state index contributed by atoms with van der Waals surface area (Å²) in [6.45, 7) is 7.61. The van der Waals surface area contributed by atoms with Crippen molar-refractivity contribution < 1.29 is 9.84 Å². The van der Waals surface area contributed by atoms with Gasteiger partial charge in [-0.15, -0.1) is 0 Å².